The van der Waals surface area contributed by atoms with Gasteiger partial charge in [0.05, 0.1) is 16.8 Å². The van der Waals surface area contributed by atoms with Gasteiger partial charge in [-0.15, -0.1) is 0 Å². The highest BCUT2D eigenvalue weighted by Crippen LogP contribution is 2.37. The third-order valence-electron chi connectivity index (χ3n) is 4.51. The number of nitrogens with one attached hydrogen (secondary N) is 2. The normalized spacial score (nSPS) is 11.5. The molecule has 0 bridgehead atoms. The molecule has 35 heavy (non-hydrogen) atoms. The van der Waals surface area contributed by atoms with Crippen LogP contribution < -0.4 is 15.4 Å². The van der Waals surface area contributed by atoms with E-state index >= 15 is 0 Å². The van der Waals surface area contributed by atoms with Crippen LogP contribution in [-0.4, -0.2) is 18.4 Å². The molecule has 182 valence electrons. The topological polar surface area (TPSA) is 67.4 Å². The Hall–Kier alpha value is -4.28. The second-order valence-electron chi connectivity index (χ2n) is 6.93. The van der Waals surface area contributed by atoms with Gasteiger partial charge in [0, 0.05) is 17.3 Å². The third-order valence-corrected chi connectivity index (χ3v) is 4.51. The Morgan fingerprint density at radius 1 is 0.914 bits per heavy atom. The molecular formula is C24H16F6N2O3. The number of benzene rings is 3. The minimum Gasteiger partial charge on any atom is -0.434 e. The monoisotopic (exact) mass is 494 g/mol. The van der Waals surface area contributed by atoms with Crippen molar-refractivity contribution in [1.82, 2.24) is 0 Å². The highest BCUT2D eigenvalue weighted by atomic mass is 19.4. The standard InChI is InChI=1S/C24H16F6N2O3/c25-18-7-3-2-6-16(18)22(34)31-15-10-11-19(17(13-15)24(28,29)30)32-21(33)12-9-14-5-1-4-8-20(14)35-23(26)27/h1-13,23H,(H,31,34)(H,32,33)/b12-9+. The fourth-order valence-corrected chi connectivity index (χ4v) is 2.97. The number of carbonyl (C=O) groups is 2. The summed E-state index contributed by atoms with van der Waals surface area (Å²) < 4.78 is 83.9. The lowest BCUT2D eigenvalue weighted by molar-refractivity contribution is -0.136. The number of anilines is 2. The van der Waals surface area contributed by atoms with Gasteiger partial charge in [0.25, 0.3) is 5.91 Å². The summed E-state index contributed by atoms with van der Waals surface area (Å²) in [6.45, 7) is -3.11. The molecule has 2 amide bonds. The van der Waals surface area contributed by atoms with Gasteiger partial charge >= 0.3 is 12.8 Å². The predicted octanol–water partition coefficient (Wildman–Crippen LogP) is 6.35. The van der Waals surface area contributed by atoms with Crippen LogP contribution >= 0.6 is 0 Å². The zero-order chi connectivity index (χ0) is 25.6. The number of alkyl halides is 5. The molecule has 0 radical (unpaired) electrons. The second-order valence-corrected chi connectivity index (χ2v) is 6.93. The lowest BCUT2D eigenvalue weighted by Crippen LogP contribution is -2.17. The maximum atomic E-state index is 13.8. The summed E-state index contributed by atoms with van der Waals surface area (Å²) in [6.07, 6.45) is -2.96. The van der Waals surface area contributed by atoms with E-state index in [1.54, 1.807) is 0 Å². The van der Waals surface area contributed by atoms with Crippen LogP contribution in [0.2, 0.25) is 0 Å². The Morgan fingerprint density at radius 3 is 2.29 bits per heavy atom. The number of amides is 2. The zero-order valence-electron chi connectivity index (χ0n) is 17.6. The zero-order valence-corrected chi connectivity index (χ0v) is 17.6. The van der Waals surface area contributed by atoms with Crippen LogP contribution in [0.1, 0.15) is 21.5 Å². The first kappa shape index (κ1) is 25.3. The Balaban J connectivity index is 1.80. The van der Waals surface area contributed by atoms with Crippen molar-refractivity contribution in [1.29, 1.82) is 0 Å². The van der Waals surface area contributed by atoms with Crippen LogP contribution in [-0.2, 0) is 11.0 Å². The highest BCUT2D eigenvalue weighted by molar-refractivity contribution is 6.05. The first-order valence-electron chi connectivity index (χ1n) is 9.84. The van der Waals surface area contributed by atoms with Gasteiger partial charge in [-0.3, -0.25) is 9.59 Å². The summed E-state index contributed by atoms with van der Waals surface area (Å²) in [7, 11) is 0. The van der Waals surface area contributed by atoms with Crippen LogP contribution in [0, 0.1) is 5.82 Å². The van der Waals surface area contributed by atoms with Gasteiger partial charge in [0.1, 0.15) is 11.6 Å². The molecule has 0 atom stereocenters. The van der Waals surface area contributed by atoms with E-state index < -0.39 is 41.7 Å². The van der Waals surface area contributed by atoms with E-state index in [2.05, 4.69) is 15.4 Å². The van der Waals surface area contributed by atoms with Gasteiger partial charge in [-0.05, 0) is 42.5 Å². The molecule has 0 fully saturated rings. The quantitative estimate of drug-likeness (QED) is 0.297. The largest absolute Gasteiger partial charge is 0.434 e. The Bertz CT molecular complexity index is 1260. The van der Waals surface area contributed by atoms with Crippen molar-refractivity contribution in [2.24, 2.45) is 0 Å². The van der Waals surface area contributed by atoms with Gasteiger partial charge < -0.3 is 15.4 Å². The van der Waals surface area contributed by atoms with E-state index in [1.807, 2.05) is 0 Å². The van der Waals surface area contributed by atoms with Crippen molar-refractivity contribution in [2.45, 2.75) is 12.8 Å². The third kappa shape index (κ3) is 6.85. The molecule has 0 saturated heterocycles. The van der Waals surface area contributed by atoms with Crippen LogP contribution in [0.3, 0.4) is 0 Å². The van der Waals surface area contributed by atoms with E-state index in [-0.39, 0.29) is 22.6 Å². The van der Waals surface area contributed by atoms with Crippen molar-refractivity contribution >= 4 is 29.3 Å². The van der Waals surface area contributed by atoms with E-state index in [9.17, 15) is 35.9 Å². The fraction of sp³-hybridized carbons (Fsp3) is 0.0833. The van der Waals surface area contributed by atoms with Gasteiger partial charge in [-0.25, -0.2) is 4.39 Å². The summed E-state index contributed by atoms with van der Waals surface area (Å²) in [5, 5.41) is 4.24. The summed E-state index contributed by atoms with van der Waals surface area (Å²) in [5.41, 5.74) is -2.43. The minimum atomic E-state index is -4.91. The van der Waals surface area contributed by atoms with Crippen molar-refractivity contribution in [2.75, 3.05) is 10.6 Å². The number of ether oxygens (including phenoxy) is 1. The molecule has 3 aromatic carbocycles. The molecule has 0 aliphatic rings. The summed E-state index contributed by atoms with van der Waals surface area (Å²) in [5.74, 6) is -3.01. The molecule has 0 saturated carbocycles. The Morgan fingerprint density at radius 2 is 1.60 bits per heavy atom. The lowest BCUT2D eigenvalue weighted by atomic mass is 10.1. The van der Waals surface area contributed by atoms with Crippen LogP contribution in [0.25, 0.3) is 6.08 Å². The maximum Gasteiger partial charge on any atom is 0.418 e. The number of hydrogen-bond donors (Lipinski definition) is 2. The molecule has 0 aliphatic carbocycles. The van der Waals surface area contributed by atoms with Crippen molar-refractivity contribution < 1.29 is 40.7 Å². The molecule has 0 aromatic heterocycles. The van der Waals surface area contributed by atoms with E-state index in [0.717, 1.165) is 30.4 Å². The summed E-state index contributed by atoms with van der Waals surface area (Å²) in [6, 6.07) is 13.1. The first-order valence-corrected chi connectivity index (χ1v) is 9.84. The molecule has 2 N–H and O–H groups in total. The number of para-hydroxylation sites is 1. The number of carbonyl (C=O) groups excluding carboxylic acids is 2. The van der Waals surface area contributed by atoms with Gasteiger partial charge in [0.15, 0.2) is 0 Å². The van der Waals surface area contributed by atoms with Crippen molar-refractivity contribution in [3.8, 4) is 5.75 Å². The highest BCUT2D eigenvalue weighted by Gasteiger charge is 2.34. The molecular weight excluding hydrogens is 478 g/mol. The van der Waals surface area contributed by atoms with Crippen molar-refractivity contribution in [3.63, 3.8) is 0 Å². The molecule has 3 rings (SSSR count). The smallest absolute Gasteiger partial charge is 0.418 e. The van der Waals surface area contributed by atoms with Crippen LogP contribution in [0.4, 0.5) is 37.7 Å². The molecule has 11 heteroatoms. The molecule has 0 heterocycles. The van der Waals surface area contributed by atoms with E-state index in [0.29, 0.717) is 6.07 Å². The fourth-order valence-electron chi connectivity index (χ4n) is 2.97. The molecule has 0 spiro atoms. The maximum absolute atomic E-state index is 13.8. The molecule has 5 nitrogen and oxygen atoms in total. The van der Waals surface area contributed by atoms with Gasteiger partial charge in [0.2, 0.25) is 5.91 Å². The van der Waals surface area contributed by atoms with Gasteiger partial charge in [-0.2, -0.15) is 22.0 Å². The average molecular weight is 494 g/mol. The SMILES string of the molecule is O=C(/C=C/c1ccccc1OC(F)F)Nc1ccc(NC(=O)c2ccccc2F)cc1C(F)(F)F. The second kappa shape index (κ2) is 10.8. The van der Waals surface area contributed by atoms with E-state index in [4.69, 9.17) is 0 Å². The number of hydrogen-bond acceptors (Lipinski definition) is 3. The average Bonchev–Trinajstić information content (AvgIpc) is 2.78. The van der Waals surface area contributed by atoms with Gasteiger partial charge in [-0.1, -0.05) is 30.3 Å². The summed E-state index contributed by atoms with van der Waals surface area (Å²) in [4.78, 5) is 24.4. The molecule has 0 aliphatic heterocycles. The number of halogens is 6. The minimum absolute atomic E-state index is 0.102. The lowest BCUT2D eigenvalue weighted by Gasteiger charge is -2.15. The predicted molar refractivity (Wildman–Crippen MR) is 117 cm³/mol. The molecule has 0 unspecified atom stereocenters. The van der Waals surface area contributed by atoms with Crippen molar-refractivity contribution in [3.05, 3.63) is 95.3 Å². The number of rotatable bonds is 7. The van der Waals surface area contributed by atoms with Crippen LogP contribution in [0.15, 0.2) is 72.8 Å². The summed E-state index contributed by atoms with van der Waals surface area (Å²) >= 11 is 0. The Labute approximate surface area is 195 Å². The van der Waals surface area contributed by atoms with Crippen LogP contribution in [0.5, 0.6) is 5.75 Å². The van der Waals surface area contributed by atoms with E-state index in [1.165, 1.54) is 42.5 Å². The molecule has 3 aromatic rings. The first-order chi connectivity index (χ1) is 16.5. The Kier molecular flexibility index (Phi) is 7.80.